The van der Waals surface area contributed by atoms with Gasteiger partial charge in [0.15, 0.2) is 6.10 Å². The molecule has 0 bridgehead atoms. The van der Waals surface area contributed by atoms with E-state index >= 15 is 0 Å². The highest BCUT2D eigenvalue weighted by Crippen LogP contribution is 2.16. The molecule has 0 N–H and O–H groups in total. The fourth-order valence-electron chi connectivity index (χ4n) is 8.04. The molecule has 0 aromatic heterocycles. The van der Waals surface area contributed by atoms with Gasteiger partial charge in [-0.25, -0.2) is 0 Å². The van der Waals surface area contributed by atoms with E-state index in [4.69, 9.17) is 14.2 Å². The molecular formula is C62H108O6. The normalized spacial score (nSPS) is 12.6. The summed E-state index contributed by atoms with van der Waals surface area (Å²) in [5, 5.41) is 0. The van der Waals surface area contributed by atoms with E-state index in [0.717, 1.165) is 89.9 Å². The number of unbranched alkanes of at least 4 members (excludes halogenated alkanes) is 29. The molecule has 0 aliphatic rings. The summed E-state index contributed by atoms with van der Waals surface area (Å²) in [6.45, 7) is 6.54. The number of carbonyl (C=O) groups excluding carboxylic acids is 3. The first kappa shape index (κ1) is 64.8. The van der Waals surface area contributed by atoms with Gasteiger partial charge in [0.25, 0.3) is 0 Å². The molecule has 68 heavy (non-hydrogen) atoms. The summed E-state index contributed by atoms with van der Waals surface area (Å²) in [7, 11) is 0. The first-order chi connectivity index (χ1) is 33.5. The molecular weight excluding hydrogens is 841 g/mol. The van der Waals surface area contributed by atoms with Crippen molar-refractivity contribution in [3.63, 3.8) is 0 Å². The summed E-state index contributed by atoms with van der Waals surface area (Å²) in [6, 6.07) is 0. The molecule has 0 saturated carbocycles. The summed E-state index contributed by atoms with van der Waals surface area (Å²) in [4.78, 5) is 38.1. The lowest BCUT2D eigenvalue weighted by Gasteiger charge is -2.18. The average molecular weight is 950 g/mol. The van der Waals surface area contributed by atoms with Crippen LogP contribution in [-0.4, -0.2) is 37.2 Å². The van der Waals surface area contributed by atoms with E-state index in [-0.39, 0.29) is 37.5 Å². The van der Waals surface area contributed by atoms with Crippen molar-refractivity contribution >= 4 is 17.9 Å². The van der Waals surface area contributed by atoms with Gasteiger partial charge in [-0.15, -0.1) is 0 Å². The maximum absolute atomic E-state index is 12.8. The Hall–Kier alpha value is -3.15. The van der Waals surface area contributed by atoms with E-state index in [9.17, 15) is 14.4 Å². The van der Waals surface area contributed by atoms with E-state index in [1.165, 1.54) is 148 Å². The molecule has 0 heterocycles. The third kappa shape index (κ3) is 53.8. The number of hydrogen-bond donors (Lipinski definition) is 0. The zero-order chi connectivity index (χ0) is 49.3. The van der Waals surface area contributed by atoms with Crippen molar-refractivity contribution in [2.75, 3.05) is 13.2 Å². The van der Waals surface area contributed by atoms with Crippen LogP contribution in [0, 0.1) is 0 Å². The molecule has 0 spiro atoms. The van der Waals surface area contributed by atoms with Crippen molar-refractivity contribution in [3.05, 3.63) is 72.9 Å². The number of hydrogen-bond acceptors (Lipinski definition) is 6. The Kier molecular flexibility index (Phi) is 53.8. The highest BCUT2D eigenvalue weighted by molar-refractivity contribution is 5.71. The van der Waals surface area contributed by atoms with Crippen molar-refractivity contribution in [2.45, 2.75) is 290 Å². The standard InChI is InChI=1S/C62H108O6/c1-4-7-10-13-16-19-22-25-28-30-31-33-34-37-40-43-46-49-52-55-61(64)67-58-59(57-66-60(63)54-51-48-45-42-39-36-27-24-21-18-15-12-9-6-3)68-62(65)56-53-50-47-44-41-38-35-32-29-26-23-20-17-14-11-8-5-2/h15,17-18,20,24,26-27,29,35,38,44,47,59H,4-14,16,19,21-23,25,28,30-34,36-37,39-43,45-46,48-58H2,1-3H3/b18-15+,20-17+,27-24+,29-26+,38-35+,47-44+/t59-/m1/s1. The number of carbonyl (C=O) groups is 3. The van der Waals surface area contributed by atoms with Crippen LogP contribution < -0.4 is 0 Å². The third-order valence-electron chi connectivity index (χ3n) is 12.4. The van der Waals surface area contributed by atoms with Crippen molar-refractivity contribution in [3.8, 4) is 0 Å². The molecule has 0 rings (SSSR count). The molecule has 0 amide bonds. The van der Waals surface area contributed by atoms with Crippen LogP contribution in [-0.2, 0) is 28.6 Å². The van der Waals surface area contributed by atoms with Crippen molar-refractivity contribution in [1.82, 2.24) is 0 Å². The maximum atomic E-state index is 12.8. The molecule has 0 aromatic rings. The van der Waals surface area contributed by atoms with E-state index in [0.29, 0.717) is 19.3 Å². The van der Waals surface area contributed by atoms with Crippen LogP contribution in [0.3, 0.4) is 0 Å². The number of ether oxygens (including phenoxy) is 3. The monoisotopic (exact) mass is 949 g/mol. The van der Waals surface area contributed by atoms with Crippen molar-refractivity contribution in [2.24, 2.45) is 0 Å². The Bertz CT molecular complexity index is 1270. The van der Waals surface area contributed by atoms with Crippen LogP contribution in [0.1, 0.15) is 284 Å². The van der Waals surface area contributed by atoms with Gasteiger partial charge < -0.3 is 14.2 Å². The molecule has 392 valence electrons. The minimum atomic E-state index is -0.808. The highest BCUT2D eigenvalue weighted by Gasteiger charge is 2.19. The number of rotatable bonds is 52. The van der Waals surface area contributed by atoms with Crippen LogP contribution in [0.25, 0.3) is 0 Å². The Morgan fingerprint density at radius 3 is 0.941 bits per heavy atom. The molecule has 0 aliphatic carbocycles. The quantitative estimate of drug-likeness (QED) is 0.0262. The molecule has 6 heteroatoms. The Morgan fingerprint density at radius 2 is 0.559 bits per heavy atom. The van der Waals surface area contributed by atoms with E-state index in [1.54, 1.807) is 0 Å². The molecule has 0 fully saturated rings. The molecule has 1 atom stereocenters. The second-order valence-corrected chi connectivity index (χ2v) is 19.2. The van der Waals surface area contributed by atoms with Gasteiger partial charge in [0.05, 0.1) is 0 Å². The summed E-state index contributed by atoms with van der Waals surface area (Å²) >= 11 is 0. The fraction of sp³-hybridized carbons (Fsp3) is 0.758. The van der Waals surface area contributed by atoms with Crippen molar-refractivity contribution < 1.29 is 28.6 Å². The van der Waals surface area contributed by atoms with Gasteiger partial charge in [0, 0.05) is 19.3 Å². The summed E-state index contributed by atoms with van der Waals surface area (Å²) in [5.74, 6) is -0.961. The molecule has 0 aromatic carbocycles. The largest absolute Gasteiger partial charge is 0.462 e. The minimum absolute atomic E-state index is 0.0995. The van der Waals surface area contributed by atoms with Crippen molar-refractivity contribution in [1.29, 1.82) is 0 Å². The third-order valence-corrected chi connectivity index (χ3v) is 12.4. The van der Waals surface area contributed by atoms with E-state index < -0.39 is 6.10 Å². The van der Waals surface area contributed by atoms with Gasteiger partial charge in [0.1, 0.15) is 13.2 Å². The van der Waals surface area contributed by atoms with Crippen LogP contribution in [0.2, 0.25) is 0 Å². The van der Waals surface area contributed by atoms with E-state index in [1.807, 2.05) is 0 Å². The fourth-order valence-corrected chi connectivity index (χ4v) is 8.04. The highest BCUT2D eigenvalue weighted by atomic mass is 16.6. The molecule has 0 radical (unpaired) electrons. The van der Waals surface area contributed by atoms with Gasteiger partial charge in [-0.1, -0.05) is 254 Å². The molecule has 0 saturated heterocycles. The smallest absolute Gasteiger partial charge is 0.306 e. The first-order valence-electron chi connectivity index (χ1n) is 28.9. The minimum Gasteiger partial charge on any atom is -0.462 e. The van der Waals surface area contributed by atoms with Gasteiger partial charge in [0.2, 0.25) is 0 Å². The summed E-state index contributed by atoms with van der Waals surface area (Å²) in [6.07, 6.45) is 71.8. The predicted molar refractivity (Wildman–Crippen MR) is 293 cm³/mol. The Balaban J connectivity index is 4.44. The zero-order valence-electron chi connectivity index (χ0n) is 44.9. The lowest BCUT2D eigenvalue weighted by molar-refractivity contribution is -0.167. The van der Waals surface area contributed by atoms with Gasteiger partial charge in [-0.3, -0.25) is 14.4 Å². The lowest BCUT2D eigenvalue weighted by Crippen LogP contribution is -2.30. The molecule has 6 nitrogen and oxygen atoms in total. The molecule has 0 aliphatic heterocycles. The number of allylic oxidation sites excluding steroid dienone is 12. The number of esters is 3. The van der Waals surface area contributed by atoms with E-state index in [2.05, 4.69) is 93.7 Å². The Labute approximate surface area is 421 Å². The molecule has 0 unspecified atom stereocenters. The topological polar surface area (TPSA) is 78.9 Å². The van der Waals surface area contributed by atoms with Crippen LogP contribution >= 0.6 is 0 Å². The predicted octanol–water partition coefficient (Wildman–Crippen LogP) is 19.4. The second-order valence-electron chi connectivity index (χ2n) is 19.2. The SMILES string of the molecule is CCCC/C=C/C/C=C/CCCCCCCC(=O)OC[C@H](COC(=O)CCCCCCCCCCCCCCCCCCCCC)OC(=O)CCC/C=C/C/C=C/C/C=C/C/C=C/CCCCC. The van der Waals surface area contributed by atoms with Crippen LogP contribution in [0.5, 0.6) is 0 Å². The lowest BCUT2D eigenvalue weighted by atomic mass is 10.0. The summed E-state index contributed by atoms with van der Waals surface area (Å²) < 4.78 is 16.8. The average Bonchev–Trinajstić information content (AvgIpc) is 3.34. The van der Waals surface area contributed by atoms with Crippen LogP contribution in [0.4, 0.5) is 0 Å². The first-order valence-corrected chi connectivity index (χ1v) is 28.9. The second kappa shape index (κ2) is 56.4. The zero-order valence-corrected chi connectivity index (χ0v) is 44.9. The van der Waals surface area contributed by atoms with Gasteiger partial charge in [-0.2, -0.15) is 0 Å². The van der Waals surface area contributed by atoms with Crippen LogP contribution in [0.15, 0.2) is 72.9 Å². The van der Waals surface area contributed by atoms with Gasteiger partial charge >= 0.3 is 17.9 Å². The summed E-state index contributed by atoms with van der Waals surface area (Å²) in [5.41, 5.74) is 0. The maximum Gasteiger partial charge on any atom is 0.306 e. The van der Waals surface area contributed by atoms with Gasteiger partial charge in [-0.05, 0) is 83.5 Å². The Morgan fingerprint density at radius 1 is 0.294 bits per heavy atom.